The lowest BCUT2D eigenvalue weighted by Crippen LogP contribution is -2.49. The van der Waals surface area contributed by atoms with Crippen LogP contribution in [-0.4, -0.2) is 84.6 Å². The van der Waals surface area contributed by atoms with Crippen LogP contribution < -0.4 is 25.2 Å². The summed E-state index contributed by atoms with van der Waals surface area (Å²) in [6.45, 7) is 9.40. The van der Waals surface area contributed by atoms with Gasteiger partial charge in [0.15, 0.2) is 16.9 Å². The number of benzene rings is 1. The maximum Gasteiger partial charge on any atom is 0.407 e. The van der Waals surface area contributed by atoms with Gasteiger partial charge in [-0.1, -0.05) is 23.8 Å². The number of carbonyl (C=O) groups excluding carboxylic acids is 2. The highest BCUT2D eigenvalue weighted by molar-refractivity contribution is 8.09. The number of alkyl carbamates (subject to hydrolysis) is 1. The van der Waals surface area contributed by atoms with Gasteiger partial charge >= 0.3 is 11.8 Å². The highest BCUT2D eigenvalue weighted by Crippen LogP contribution is 2.27. The van der Waals surface area contributed by atoms with E-state index in [0.717, 1.165) is 20.8 Å². The number of nitrogens with one attached hydrogen (secondary N) is 1. The van der Waals surface area contributed by atoms with Crippen LogP contribution >= 0.6 is 0 Å². The fourth-order valence-corrected chi connectivity index (χ4v) is 8.64. The molecule has 1 aliphatic heterocycles. The Bertz CT molecular complexity index is 2120. The van der Waals surface area contributed by atoms with Crippen molar-refractivity contribution in [2.75, 3.05) is 34.2 Å². The molecule has 1 aliphatic rings. The van der Waals surface area contributed by atoms with E-state index in [-0.39, 0.29) is 33.0 Å². The summed E-state index contributed by atoms with van der Waals surface area (Å²) in [6, 6.07) is 4.88. The third-order valence-corrected chi connectivity index (χ3v) is 10.8. The van der Waals surface area contributed by atoms with Crippen LogP contribution in [0.15, 0.2) is 45.5 Å². The number of hydrogen-bond acceptors (Lipinski definition) is 11. The zero-order valence-electron chi connectivity index (χ0n) is 28.9. The predicted octanol–water partition coefficient (Wildman–Crippen LogP) is 1.96. The number of nitrogens with zero attached hydrogens (tertiary/aromatic N) is 6. The second-order valence-electron chi connectivity index (χ2n) is 13.3. The number of para-hydroxylation sites is 1. The zero-order chi connectivity index (χ0) is 36.6. The summed E-state index contributed by atoms with van der Waals surface area (Å²) >= 11 is 0. The summed E-state index contributed by atoms with van der Waals surface area (Å²) < 4.78 is 59.1. The number of carbonyl (C=O) groups is 2. The first-order valence-corrected chi connectivity index (χ1v) is 19.2. The number of sulfonamides is 2. The van der Waals surface area contributed by atoms with Crippen molar-refractivity contribution >= 4 is 54.7 Å². The van der Waals surface area contributed by atoms with Crippen LogP contribution in [0.1, 0.15) is 57.8 Å². The topological polar surface area (TPSA) is 192 Å². The molecule has 0 saturated carbocycles. The van der Waals surface area contributed by atoms with Crippen molar-refractivity contribution in [1.29, 1.82) is 0 Å². The van der Waals surface area contributed by atoms with Crippen LogP contribution in [0.5, 0.6) is 0 Å². The first kappa shape index (κ1) is 37.4. The molecule has 1 fully saturated rings. The Kier molecular flexibility index (Phi) is 10.5. The summed E-state index contributed by atoms with van der Waals surface area (Å²) in [5, 5.41) is 2.90. The van der Waals surface area contributed by atoms with Crippen molar-refractivity contribution in [2.24, 2.45) is 7.05 Å². The molecular formula is C31H43N7O9S2. The molecule has 3 heterocycles. The minimum Gasteiger partial charge on any atom is -0.444 e. The van der Waals surface area contributed by atoms with Crippen molar-refractivity contribution in [3.63, 3.8) is 0 Å². The molecule has 1 N–H and O–H groups in total. The molecule has 1 atom stereocenters. The molecule has 1 unspecified atom stereocenters. The molecule has 0 aliphatic carbocycles. The Morgan fingerprint density at radius 2 is 1.69 bits per heavy atom. The molecule has 268 valence electrons. The number of aromatic nitrogens is 4. The molecule has 2 aromatic heterocycles. The van der Waals surface area contributed by atoms with Gasteiger partial charge in [-0.15, -0.1) is 0 Å². The van der Waals surface area contributed by atoms with Crippen molar-refractivity contribution in [3.05, 3.63) is 62.3 Å². The summed E-state index contributed by atoms with van der Waals surface area (Å²) in [6.07, 6.45) is 4.09. The number of ether oxygens (including phenoxy) is 1. The largest absolute Gasteiger partial charge is 0.444 e. The van der Waals surface area contributed by atoms with E-state index < -0.39 is 61.0 Å². The number of rotatable bonds is 10. The van der Waals surface area contributed by atoms with Gasteiger partial charge in [0.2, 0.25) is 26.0 Å². The van der Waals surface area contributed by atoms with E-state index in [0.29, 0.717) is 44.4 Å². The lowest BCUT2D eigenvalue weighted by atomic mass is 10.1. The Hall–Kier alpha value is -4.45. The van der Waals surface area contributed by atoms with Gasteiger partial charge in [0, 0.05) is 38.3 Å². The van der Waals surface area contributed by atoms with Crippen molar-refractivity contribution in [3.8, 4) is 0 Å². The summed E-state index contributed by atoms with van der Waals surface area (Å²) in [4.78, 5) is 60.6. The molecule has 1 saturated heterocycles. The average Bonchev–Trinajstić information content (AvgIpc) is 3.35. The summed E-state index contributed by atoms with van der Waals surface area (Å²) in [5.41, 5.74) is -2.01. The third-order valence-electron chi connectivity index (χ3n) is 7.62. The molecule has 18 heteroatoms. The van der Waals surface area contributed by atoms with E-state index in [1.165, 1.54) is 25.2 Å². The van der Waals surface area contributed by atoms with Crippen LogP contribution in [0.2, 0.25) is 0 Å². The van der Waals surface area contributed by atoms with Gasteiger partial charge in [-0.05, 0) is 59.6 Å². The molecule has 49 heavy (non-hydrogen) atoms. The van der Waals surface area contributed by atoms with Gasteiger partial charge < -0.3 is 19.5 Å². The van der Waals surface area contributed by atoms with E-state index in [1.807, 2.05) is 24.8 Å². The minimum absolute atomic E-state index is 0.0480. The molecule has 0 radical (unpaired) electrons. The maximum atomic E-state index is 14.1. The van der Waals surface area contributed by atoms with E-state index in [1.54, 1.807) is 25.3 Å². The van der Waals surface area contributed by atoms with Gasteiger partial charge in [-0.3, -0.25) is 18.7 Å². The van der Waals surface area contributed by atoms with Gasteiger partial charge in [0.1, 0.15) is 5.60 Å². The quantitative estimate of drug-likeness (QED) is 0.238. The maximum absolute atomic E-state index is 14.1. The second kappa shape index (κ2) is 13.8. The molecule has 4 rings (SSSR count). The normalized spacial score (nSPS) is 15.6. The second-order valence-corrected chi connectivity index (χ2v) is 17.2. The Balaban J connectivity index is 1.81. The number of imidazole rings is 1. The minimum atomic E-state index is -4.40. The Morgan fingerprint density at radius 3 is 2.29 bits per heavy atom. The zero-order valence-corrected chi connectivity index (χ0v) is 30.5. The molecule has 1 aromatic carbocycles. The predicted molar refractivity (Wildman–Crippen MR) is 186 cm³/mol. The smallest absolute Gasteiger partial charge is 0.407 e. The number of Topliss-reactive ketones (excluding diaryl/α,β-unsaturated/α-hetero) is 1. The average molecular weight is 722 g/mol. The number of ketones is 1. The third kappa shape index (κ3) is 8.41. The molecule has 1 amide bonds. The van der Waals surface area contributed by atoms with Crippen LogP contribution in [0.3, 0.4) is 0 Å². The highest BCUT2D eigenvalue weighted by Gasteiger charge is 2.32. The Labute approximate surface area is 285 Å². The molecule has 3 aromatic rings. The number of amides is 1. The van der Waals surface area contributed by atoms with Crippen LogP contribution in [-0.2, 0) is 44.9 Å². The lowest BCUT2D eigenvalue weighted by Gasteiger charge is -2.34. The van der Waals surface area contributed by atoms with Crippen LogP contribution in [0.4, 0.5) is 16.4 Å². The van der Waals surface area contributed by atoms with Gasteiger partial charge in [-0.25, -0.2) is 26.4 Å². The van der Waals surface area contributed by atoms with E-state index in [2.05, 4.69) is 5.32 Å². The van der Waals surface area contributed by atoms with Gasteiger partial charge in [0.25, 0.3) is 5.56 Å². The number of fused-ring (bicyclic) bond motifs is 1. The molecule has 0 spiro atoms. The number of allylic oxidation sites excluding steroid dienone is 2. The molecule has 16 nitrogen and oxygen atoms in total. The van der Waals surface area contributed by atoms with E-state index in [4.69, 9.17) is 9.72 Å². The summed E-state index contributed by atoms with van der Waals surface area (Å²) in [5.74, 6) is -0.476. The molecule has 0 bridgehead atoms. The fraction of sp³-hybridized carbons (Fsp3) is 0.516. The SMILES string of the molecule is CC(C)=CCn1c(N2CCCC(NC(=O)OC(C)(C)C)C2)nc2c1c(=O)n(CC(=O)c1ccccc1N(S(C)(=O)=O)S(C)(=O)=O)c(=O)n2C. The highest BCUT2D eigenvalue weighted by atomic mass is 32.3. The summed E-state index contributed by atoms with van der Waals surface area (Å²) in [7, 11) is -7.38. The van der Waals surface area contributed by atoms with Crippen LogP contribution in [0.25, 0.3) is 11.2 Å². The number of hydrogen-bond donors (Lipinski definition) is 1. The van der Waals surface area contributed by atoms with Crippen molar-refractivity contribution in [2.45, 2.75) is 72.2 Å². The van der Waals surface area contributed by atoms with Gasteiger partial charge in [-0.2, -0.15) is 8.69 Å². The van der Waals surface area contributed by atoms with Crippen molar-refractivity contribution in [1.82, 2.24) is 24.0 Å². The van der Waals surface area contributed by atoms with Gasteiger partial charge in [0.05, 0.1) is 24.7 Å². The number of piperidine rings is 1. The first-order chi connectivity index (χ1) is 22.6. The lowest BCUT2D eigenvalue weighted by molar-refractivity contribution is 0.0499. The molecular weight excluding hydrogens is 679 g/mol. The number of anilines is 2. The Morgan fingerprint density at radius 1 is 1.06 bits per heavy atom. The van der Waals surface area contributed by atoms with Crippen molar-refractivity contribution < 1.29 is 31.2 Å². The standard InChI is InChI=1S/C31H43N7O9S2/c1-20(2)15-17-36-25-26(33-28(36)35-16-11-12-21(18-35)32-29(41)47-31(3,4)5)34(6)30(42)37(27(25)40)19-24(39)22-13-9-10-14-23(22)38(48(7,43)44)49(8,45)46/h9-10,13-15,21H,11-12,16-19H2,1-8H3,(H,32,41). The van der Waals surface area contributed by atoms with E-state index in [9.17, 15) is 36.0 Å². The van der Waals surface area contributed by atoms with E-state index >= 15 is 0 Å². The first-order valence-electron chi connectivity index (χ1n) is 15.5. The fourth-order valence-electron chi connectivity index (χ4n) is 5.64. The monoisotopic (exact) mass is 721 g/mol. The van der Waals surface area contributed by atoms with Crippen LogP contribution in [0, 0.1) is 0 Å². The number of aryl methyl sites for hydroxylation is 1.